The Balaban J connectivity index is 1.35. The molecular weight excluding hydrogens is 418 g/mol. The maximum absolute atomic E-state index is 13.5. The van der Waals surface area contributed by atoms with Crippen molar-refractivity contribution in [3.8, 4) is 0 Å². The van der Waals surface area contributed by atoms with Gasteiger partial charge in [-0.3, -0.25) is 14.4 Å². The van der Waals surface area contributed by atoms with Gasteiger partial charge in [0, 0.05) is 58.3 Å². The van der Waals surface area contributed by atoms with Gasteiger partial charge in [-0.05, 0) is 46.5 Å². The molecule has 3 fully saturated rings. The van der Waals surface area contributed by atoms with Gasteiger partial charge in [0.15, 0.2) is 0 Å². The van der Waals surface area contributed by atoms with Crippen LogP contribution in [0.2, 0.25) is 0 Å². The maximum atomic E-state index is 13.5. The van der Waals surface area contributed by atoms with E-state index >= 15 is 0 Å². The number of carbonyl (C=O) groups is 2. The standard InChI is InChI=1S/C25H41N5O3/c1-25(2,3)33-24(32)30-12-10-19(11-13-30)22-21(18-26-27(22)4)23(31)29-16-14-28(15-17-29)20-8-6-5-7-9-20/h18-20H,5-17H2,1-4H3. The van der Waals surface area contributed by atoms with Crippen molar-refractivity contribution in [1.29, 1.82) is 0 Å². The summed E-state index contributed by atoms with van der Waals surface area (Å²) in [5.74, 6) is 0.328. The monoisotopic (exact) mass is 459 g/mol. The van der Waals surface area contributed by atoms with E-state index in [1.807, 2.05) is 37.4 Å². The van der Waals surface area contributed by atoms with Crippen LogP contribution in [0.15, 0.2) is 6.20 Å². The van der Waals surface area contributed by atoms with Crippen molar-refractivity contribution in [2.24, 2.45) is 7.05 Å². The highest BCUT2D eigenvalue weighted by Gasteiger charge is 2.33. The molecular formula is C25H41N5O3. The van der Waals surface area contributed by atoms with E-state index in [-0.39, 0.29) is 17.9 Å². The zero-order valence-electron chi connectivity index (χ0n) is 20.9. The maximum Gasteiger partial charge on any atom is 0.410 e. The SMILES string of the molecule is Cn1ncc(C(=O)N2CCN(C3CCCCC3)CC2)c1C1CCN(C(=O)OC(C)(C)C)CC1. The number of piperazine rings is 1. The number of hydrogen-bond donors (Lipinski definition) is 0. The Kier molecular flexibility index (Phi) is 7.31. The molecule has 3 heterocycles. The predicted molar refractivity (Wildman–Crippen MR) is 127 cm³/mol. The summed E-state index contributed by atoms with van der Waals surface area (Å²) >= 11 is 0. The lowest BCUT2D eigenvalue weighted by Crippen LogP contribution is -2.52. The number of aryl methyl sites for hydroxylation is 1. The normalized spacial score (nSPS) is 21.9. The molecule has 3 aliphatic rings. The molecule has 0 spiro atoms. The van der Waals surface area contributed by atoms with Crippen LogP contribution < -0.4 is 0 Å². The first-order valence-corrected chi connectivity index (χ1v) is 12.8. The van der Waals surface area contributed by atoms with Crippen molar-refractivity contribution in [2.75, 3.05) is 39.3 Å². The molecule has 2 aliphatic heterocycles. The van der Waals surface area contributed by atoms with Crippen molar-refractivity contribution in [3.05, 3.63) is 17.5 Å². The van der Waals surface area contributed by atoms with Crippen LogP contribution in [0.25, 0.3) is 0 Å². The molecule has 0 unspecified atom stereocenters. The summed E-state index contributed by atoms with van der Waals surface area (Å²) in [6, 6.07) is 0.708. The summed E-state index contributed by atoms with van der Waals surface area (Å²) in [5.41, 5.74) is 1.26. The largest absolute Gasteiger partial charge is 0.444 e. The zero-order valence-corrected chi connectivity index (χ0v) is 20.9. The number of nitrogens with zero attached hydrogens (tertiary/aromatic N) is 5. The van der Waals surface area contributed by atoms with Gasteiger partial charge in [0.1, 0.15) is 5.60 Å². The number of ether oxygens (including phenoxy) is 1. The molecule has 184 valence electrons. The first-order chi connectivity index (χ1) is 15.7. The van der Waals surface area contributed by atoms with Crippen LogP contribution in [0.5, 0.6) is 0 Å². The Morgan fingerprint density at radius 1 is 0.909 bits per heavy atom. The van der Waals surface area contributed by atoms with Crippen molar-refractivity contribution in [2.45, 2.75) is 83.3 Å². The van der Waals surface area contributed by atoms with Crippen molar-refractivity contribution in [3.63, 3.8) is 0 Å². The summed E-state index contributed by atoms with van der Waals surface area (Å²) in [6.45, 7) is 10.5. The number of rotatable bonds is 3. The summed E-state index contributed by atoms with van der Waals surface area (Å²) in [7, 11) is 1.92. The van der Waals surface area contributed by atoms with Gasteiger partial charge in [0.05, 0.1) is 17.5 Å². The second kappa shape index (κ2) is 10.0. The second-order valence-corrected chi connectivity index (χ2v) is 10.9. The molecule has 1 saturated carbocycles. The van der Waals surface area contributed by atoms with Gasteiger partial charge in [0.2, 0.25) is 0 Å². The minimum absolute atomic E-state index is 0.107. The van der Waals surface area contributed by atoms with Gasteiger partial charge in [-0.1, -0.05) is 19.3 Å². The smallest absolute Gasteiger partial charge is 0.410 e. The predicted octanol–water partition coefficient (Wildman–Crippen LogP) is 3.63. The average Bonchev–Trinajstić information content (AvgIpc) is 3.19. The highest BCUT2D eigenvalue weighted by Crippen LogP contribution is 2.32. The molecule has 1 aliphatic carbocycles. The van der Waals surface area contributed by atoms with Crippen molar-refractivity contribution >= 4 is 12.0 Å². The van der Waals surface area contributed by atoms with Gasteiger partial charge >= 0.3 is 6.09 Å². The van der Waals surface area contributed by atoms with Crippen LogP contribution in [0.1, 0.15) is 87.7 Å². The van der Waals surface area contributed by atoms with E-state index in [4.69, 9.17) is 4.74 Å². The van der Waals surface area contributed by atoms with Crippen molar-refractivity contribution in [1.82, 2.24) is 24.5 Å². The van der Waals surface area contributed by atoms with E-state index in [1.54, 1.807) is 11.1 Å². The Labute approximate surface area is 198 Å². The molecule has 0 N–H and O–H groups in total. The van der Waals surface area contributed by atoms with Gasteiger partial charge < -0.3 is 14.5 Å². The van der Waals surface area contributed by atoms with Crippen molar-refractivity contribution < 1.29 is 14.3 Å². The third kappa shape index (κ3) is 5.70. The Bertz CT molecular complexity index is 824. The molecule has 1 aromatic heterocycles. The minimum atomic E-state index is -0.490. The summed E-state index contributed by atoms with van der Waals surface area (Å²) < 4.78 is 7.39. The van der Waals surface area contributed by atoms with Crippen LogP contribution >= 0.6 is 0 Å². The number of piperidine rings is 1. The van der Waals surface area contributed by atoms with Crippen LogP contribution in [0, 0.1) is 0 Å². The Hall–Kier alpha value is -2.09. The molecule has 0 bridgehead atoms. The second-order valence-electron chi connectivity index (χ2n) is 10.9. The molecule has 0 aromatic carbocycles. The van der Waals surface area contributed by atoms with Crippen LogP contribution in [0.4, 0.5) is 4.79 Å². The summed E-state index contributed by atoms with van der Waals surface area (Å²) in [4.78, 5) is 32.3. The fourth-order valence-electron chi connectivity index (χ4n) is 5.66. The molecule has 8 nitrogen and oxygen atoms in total. The molecule has 1 aromatic rings. The van der Waals surface area contributed by atoms with E-state index < -0.39 is 5.60 Å². The van der Waals surface area contributed by atoms with E-state index in [9.17, 15) is 9.59 Å². The first kappa shape index (κ1) is 24.0. The van der Waals surface area contributed by atoms with Gasteiger partial charge in [-0.2, -0.15) is 5.10 Å². The fraction of sp³-hybridized carbons (Fsp3) is 0.800. The number of carbonyl (C=O) groups excluding carboxylic acids is 2. The molecule has 8 heteroatoms. The van der Waals surface area contributed by atoms with E-state index in [1.165, 1.54) is 32.1 Å². The number of hydrogen-bond acceptors (Lipinski definition) is 5. The molecule has 0 radical (unpaired) electrons. The van der Waals surface area contributed by atoms with Gasteiger partial charge in [0.25, 0.3) is 5.91 Å². The summed E-state index contributed by atoms with van der Waals surface area (Å²) in [5, 5.41) is 4.45. The quantitative estimate of drug-likeness (QED) is 0.690. The number of aromatic nitrogens is 2. The van der Waals surface area contributed by atoms with Crippen LogP contribution in [0.3, 0.4) is 0 Å². The minimum Gasteiger partial charge on any atom is -0.444 e. The lowest BCUT2D eigenvalue weighted by Gasteiger charge is -2.41. The van der Waals surface area contributed by atoms with Crippen LogP contribution in [-0.2, 0) is 11.8 Å². The highest BCUT2D eigenvalue weighted by atomic mass is 16.6. The lowest BCUT2D eigenvalue weighted by molar-refractivity contribution is 0.0202. The Morgan fingerprint density at radius 3 is 2.15 bits per heavy atom. The van der Waals surface area contributed by atoms with Gasteiger partial charge in [-0.15, -0.1) is 0 Å². The molecule has 4 rings (SSSR count). The summed E-state index contributed by atoms with van der Waals surface area (Å²) in [6.07, 6.45) is 9.79. The number of amides is 2. The topological polar surface area (TPSA) is 70.9 Å². The average molecular weight is 460 g/mol. The van der Waals surface area contributed by atoms with E-state index in [2.05, 4.69) is 10.00 Å². The highest BCUT2D eigenvalue weighted by molar-refractivity contribution is 5.95. The molecule has 2 saturated heterocycles. The molecule has 0 atom stereocenters. The molecule has 33 heavy (non-hydrogen) atoms. The number of likely N-dealkylation sites (tertiary alicyclic amines) is 1. The fourth-order valence-corrected chi connectivity index (χ4v) is 5.66. The van der Waals surface area contributed by atoms with E-state index in [0.29, 0.717) is 19.1 Å². The van der Waals surface area contributed by atoms with E-state index in [0.717, 1.165) is 50.3 Å². The van der Waals surface area contributed by atoms with Crippen LogP contribution in [-0.4, -0.2) is 87.4 Å². The third-order valence-electron chi connectivity index (χ3n) is 7.44. The lowest BCUT2D eigenvalue weighted by atomic mass is 9.90. The zero-order chi connectivity index (χ0) is 23.6. The van der Waals surface area contributed by atoms with Gasteiger partial charge in [-0.25, -0.2) is 4.79 Å². The third-order valence-corrected chi connectivity index (χ3v) is 7.44. The first-order valence-electron chi connectivity index (χ1n) is 12.8. The Morgan fingerprint density at radius 2 is 1.55 bits per heavy atom. The molecule has 2 amide bonds.